The van der Waals surface area contributed by atoms with Gasteiger partial charge >= 0.3 is 0 Å². The average molecular weight is 1820 g/mol. The summed E-state index contributed by atoms with van der Waals surface area (Å²) in [6, 6.07) is 217. The molecule has 4 nitrogen and oxygen atoms in total. The Labute approximate surface area is 839 Å². The van der Waals surface area contributed by atoms with E-state index in [0.717, 1.165) is 22.7 Å². The largest absolute Gasteiger partial charge is 0.311 e. The molecule has 22 aromatic carbocycles. The molecule has 0 aliphatic carbocycles. The standard InChI is InChI=1S/C69H51BN2.C68H49BN2/c1-50-39-48-64-62(49-50)70-61-35-20-21-36-63(61)71(59-44-40-57(41-45-59)68(51-23-8-2-9-24-51,52-25-10-3-11-26-52)53-27-12-4-13-28-53)65-37-22-38-66(67(65)70)72(64)60-46-42-58(43-47-60)69(54-29-14-5-15-30-54,55-31-16-6-17-32-55)56-33-18-7-19-34-56;1-7-26-50(27-8-1)67(51-28-9-2-10-29-51,52-30-11-3-12-31-52)56-38-23-40-58(48-56)70-62-44-21-19-42-60(62)69-61-43-20-22-45-63(61)71(65-47-25-46-64(70)66(65)69)59-41-24-39-57(49-59)68(53-32-13-4-14-33-53,54-34-15-5-16-35-54)55-36-17-6-18-37-55/h2-49H,1H3;1-49H. The third-order valence-corrected chi connectivity index (χ3v) is 30.5. The molecule has 0 unspecified atom stereocenters. The summed E-state index contributed by atoms with van der Waals surface area (Å²) in [6.07, 6.45) is 0. The molecule has 4 heterocycles. The monoisotopic (exact) mass is 1820 g/mol. The first-order valence-corrected chi connectivity index (χ1v) is 49.8. The molecule has 0 fully saturated rings. The highest BCUT2D eigenvalue weighted by Crippen LogP contribution is 2.55. The maximum atomic E-state index is 2.52. The molecule has 0 spiro atoms. The van der Waals surface area contributed by atoms with Crippen LogP contribution in [-0.2, 0) is 21.7 Å². The van der Waals surface area contributed by atoms with Crippen molar-refractivity contribution < 1.29 is 0 Å². The molecule has 4 aliphatic rings. The van der Waals surface area contributed by atoms with Gasteiger partial charge in [-0.1, -0.05) is 497 Å². The smallest absolute Gasteiger partial charge is 0.252 e. The number of nitrogens with zero attached hydrogens (tertiary/aromatic N) is 4. The highest BCUT2D eigenvalue weighted by Gasteiger charge is 2.49. The van der Waals surface area contributed by atoms with Crippen LogP contribution in [0.3, 0.4) is 0 Å². The van der Waals surface area contributed by atoms with Gasteiger partial charge in [-0.25, -0.2) is 0 Å². The van der Waals surface area contributed by atoms with Gasteiger partial charge in [-0.05, 0) is 226 Å². The van der Waals surface area contributed by atoms with Gasteiger partial charge in [-0.3, -0.25) is 0 Å². The number of benzene rings is 22. The molecule has 0 atom stereocenters. The molecule has 143 heavy (non-hydrogen) atoms. The van der Waals surface area contributed by atoms with Crippen molar-refractivity contribution in [1.82, 2.24) is 0 Å². The van der Waals surface area contributed by atoms with E-state index in [4.69, 9.17) is 0 Å². The molecule has 0 radical (unpaired) electrons. The van der Waals surface area contributed by atoms with Gasteiger partial charge in [0.15, 0.2) is 0 Å². The van der Waals surface area contributed by atoms with Crippen molar-refractivity contribution in [3.05, 3.63) is 683 Å². The van der Waals surface area contributed by atoms with Crippen LogP contribution in [0.1, 0.15) is 94.6 Å². The Morgan fingerprint density at radius 2 is 0.315 bits per heavy atom. The number of anilines is 12. The van der Waals surface area contributed by atoms with Crippen LogP contribution in [0.2, 0.25) is 0 Å². The molecule has 674 valence electrons. The normalized spacial score (nSPS) is 12.7. The van der Waals surface area contributed by atoms with E-state index < -0.39 is 21.7 Å². The minimum atomic E-state index is -0.594. The first-order chi connectivity index (χ1) is 70.9. The minimum absolute atomic E-state index is 0.0153. The zero-order valence-corrected chi connectivity index (χ0v) is 79.4. The molecular weight excluding hydrogens is 1720 g/mol. The van der Waals surface area contributed by atoms with Crippen molar-refractivity contribution in [2.75, 3.05) is 19.6 Å². The quantitative estimate of drug-likeness (QED) is 0.0557. The second-order valence-corrected chi connectivity index (χ2v) is 38.0. The third kappa shape index (κ3) is 14.3. The first-order valence-electron chi connectivity index (χ1n) is 49.8. The zero-order valence-electron chi connectivity index (χ0n) is 79.4. The van der Waals surface area contributed by atoms with Gasteiger partial charge in [0.2, 0.25) is 0 Å². The van der Waals surface area contributed by atoms with E-state index in [-0.39, 0.29) is 13.4 Å². The van der Waals surface area contributed by atoms with Gasteiger partial charge in [-0.15, -0.1) is 0 Å². The molecule has 0 aromatic heterocycles. The summed E-state index contributed by atoms with van der Waals surface area (Å²) in [5, 5.41) is 0. The lowest BCUT2D eigenvalue weighted by Crippen LogP contribution is -2.61. The third-order valence-electron chi connectivity index (χ3n) is 30.5. The van der Waals surface area contributed by atoms with Crippen LogP contribution in [0.15, 0.2) is 588 Å². The van der Waals surface area contributed by atoms with Gasteiger partial charge in [0.05, 0.1) is 21.7 Å². The molecule has 0 amide bonds. The lowest BCUT2D eigenvalue weighted by molar-refractivity contribution is 0.745. The fourth-order valence-corrected chi connectivity index (χ4v) is 24.7. The van der Waals surface area contributed by atoms with Crippen LogP contribution in [0.5, 0.6) is 0 Å². The van der Waals surface area contributed by atoms with Crippen LogP contribution >= 0.6 is 0 Å². The second-order valence-electron chi connectivity index (χ2n) is 38.0. The van der Waals surface area contributed by atoms with E-state index in [9.17, 15) is 0 Å². The van der Waals surface area contributed by atoms with Crippen molar-refractivity contribution in [2.45, 2.75) is 28.6 Å². The van der Waals surface area contributed by atoms with E-state index in [1.54, 1.807) is 0 Å². The summed E-state index contributed by atoms with van der Waals surface area (Å²) < 4.78 is 0. The van der Waals surface area contributed by atoms with Crippen molar-refractivity contribution >= 4 is 114 Å². The van der Waals surface area contributed by atoms with Crippen LogP contribution in [-0.4, -0.2) is 13.4 Å². The van der Waals surface area contributed by atoms with E-state index in [0.29, 0.717) is 0 Å². The molecule has 6 heteroatoms. The molecule has 4 aliphatic heterocycles. The zero-order chi connectivity index (χ0) is 95.3. The van der Waals surface area contributed by atoms with Crippen LogP contribution in [0, 0.1) is 6.92 Å². The number of aryl methyl sites for hydroxylation is 1. The molecule has 22 aromatic rings. The van der Waals surface area contributed by atoms with E-state index in [1.165, 1.54) is 173 Å². The molecule has 26 rings (SSSR count). The topological polar surface area (TPSA) is 13.0 Å². The predicted molar refractivity (Wildman–Crippen MR) is 599 cm³/mol. The molecule has 0 saturated carbocycles. The Morgan fingerprint density at radius 3 is 0.566 bits per heavy atom. The molecule has 0 N–H and O–H groups in total. The van der Waals surface area contributed by atoms with Crippen molar-refractivity contribution in [3.8, 4) is 0 Å². The van der Waals surface area contributed by atoms with Crippen LogP contribution in [0.4, 0.5) is 68.2 Å². The van der Waals surface area contributed by atoms with Gasteiger partial charge in [0.25, 0.3) is 13.4 Å². The highest BCUT2D eigenvalue weighted by atomic mass is 15.2. The Hall–Kier alpha value is -17.8. The Kier molecular flexibility index (Phi) is 22.3. The number of para-hydroxylation sites is 3. The number of hydrogen-bond acceptors (Lipinski definition) is 4. The maximum absolute atomic E-state index is 2.52. The average Bonchev–Trinajstić information content (AvgIpc) is 0.698. The van der Waals surface area contributed by atoms with E-state index >= 15 is 0 Å². The summed E-state index contributed by atoms with van der Waals surface area (Å²) in [5.74, 6) is 0. The Balaban J connectivity index is 0.000000150. The van der Waals surface area contributed by atoms with E-state index in [1.807, 2.05) is 0 Å². The lowest BCUT2D eigenvalue weighted by atomic mass is 9.33. The summed E-state index contributed by atoms with van der Waals surface area (Å²) in [5.41, 5.74) is 40.2. The maximum Gasteiger partial charge on any atom is 0.252 e. The van der Waals surface area contributed by atoms with Crippen LogP contribution in [0.25, 0.3) is 0 Å². The second kappa shape index (κ2) is 36.8. The fourth-order valence-electron chi connectivity index (χ4n) is 24.7. The van der Waals surface area contributed by atoms with Gasteiger partial charge in [0.1, 0.15) is 0 Å². The van der Waals surface area contributed by atoms with Crippen molar-refractivity contribution in [2.24, 2.45) is 0 Å². The van der Waals surface area contributed by atoms with Crippen LogP contribution < -0.4 is 52.4 Å². The van der Waals surface area contributed by atoms with Gasteiger partial charge in [0, 0.05) is 68.2 Å². The minimum Gasteiger partial charge on any atom is -0.311 e. The number of fused-ring (bicyclic) bond motifs is 8. The van der Waals surface area contributed by atoms with Crippen molar-refractivity contribution in [1.29, 1.82) is 0 Å². The fraction of sp³-hybridized carbons (Fsp3) is 0.0365. The van der Waals surface area contributed by atoms with E-state index in [2.05, 4.69) is 615 Å². The number of rotatable bonds is 20. The van der Waals surface area contributed by atoms with Gasteiger partial charge < -0.3 is 19.6 Å². The summed E-state index contributed by atoms with van der Waals surface area (Å²) in [4.78, 5) is 10.0. The SMILES string of the molecule is Cc1ccc2c(c1)B1c3ccccc3N(c3ccc(C(c4ccccc4)(c4ccccc4)c4ccccc4)cc3)c3cccc(c31)N2c1ccc(C(c2ccccc2)(c2ccccc2)c2ccccc2)cc1.c1ccc(C(c2ccccc2)(c2ccccc2)c2cccc(N3c4ccccc4B4c5ccccc5N(c5cccc(C(c6ccccc6)(c6ccccc6)c6ccccc6)c5)c5cccc3c54)c2)cc1. The molecule has 0 bridgehead atoms. The summed E-state index contributed by atoms with van der Waals surface area (Å²) >= 11 is 0. The Morgan fingerprint density at radius 1 is 0.133 bits per heavy atom. The lowest BCUT2D eigenvalue weighted by Gasteiger charge is -2.44. The highest BCUT2D eigenvalue weighted by molar-refractivity contribution is 7.01. The molecule has 0 saturated heterocycles. The first kappa shape index (κ1) is 86.7. The summed E-state index contributed by atoms with van der Waals surface area (Å²) in [7, 11) is 0. The number of hydrogen-bond donors (Lipinski definition) is 0. The van der Waals surface area contributed by atoms with Crippen molar-refractivity contribution in [3.63, 3.8) is 0 Å². The van der Waals surface area contributed by atoms with Gasteiger partial charge in [-0.2, -0.15) is 0 Å². The summed E-state index contributed by atoms with van der Waals surface area (Å²) in [6.45, 7) is 2.28. The Bertz CT molecular complexity index is 7680. The predicted octanol–water partition coefficient (Wildman–Crippen LogP) is 29.4. The molecular formula is C137H100B2N4.